The number of nitrogens with one attached hydrogen (secondary N) is 1. The topological polar surface area (TPSA) is 33.1 Å². The Hall–Kier alpha value is -1.03. The highest BCUT2D eigenvalue weighted by Crippen LogP contribution is 2.18. The van der Waals surface area contributed by atoms with Gasteiger partial charge in [-0.05, 0) is 45.2 Å². The molecule has 2 rings (SSSR count). The zero-order valence-corrected chi connectivity index (χ0v) is 11.7. The lowest BCUT2D eigenvalue weighted by molar-refractivity contribution is 0.374. The van der Waals surface area contributed by atoms with E-state index in [1.165, 1.54) is 25.8 Å². The van der Waals surface area contributed by atoms with Crippen LogP contribution in [0.25, 0.3) is 0 Å². The van der Waals surface area contributed by atoms with Crippen LogP contribution >= 0.6 is 0 Å². The molecule has 1 atom stereocenters. The van der Waals surface area contributed by atoms with E-state index in [0.29, 0.717) is 0 Å². The standard InChI is InChI=1S/C14H26N4/c1-3-9-18(12-13-6-5-7-15-11-13)14-16-8-10-17(14)4-2/h8,10,13,15H,3-7,9,11-12H2,1-2H3. The third-order valence-electron chi connectivity index (χ3n) is 3.69. The number of nitrogens with zero attached hydrogens (tertiary/aromatic N) is 3. The van der Waals surface area contributed by atoms with Crippen LogP contribution in [0.5, 0.6) is 0 Å². The van der Waals surface area contributed by atoms with Gasteiger partial charge in [-0.15, -0.1) is 0 Å². The van der Waals surface area contributed by atoms with Crippen molar-refractivity contribution in [3.63, 3.8) is 0 Å². The second kappa shape index (κ2) is 6.78. The van der Waals surface area contributed by atoms with Crippen LogP contribution in [0.4, 0.5) is 5.95 Å². The highest BCUT2D eigenvalue weighted by atomic mass is 15.3. The van der Waals surface area contributed by atoms with E-state index >= 15 is 0 Å². The van der Waals surface area contributed by atoms with Gasteiger partial charge in [0.15, 0.2) is 0 Å². The van der Waals surface area contributed by atoms with Crippen molar-refractivity contribution in [1.29, 1.82) is 0 Å². The van der Waals surface area contributed by atoms with Crippen LogP contribution in [0.15, 0.2) is 12.4 Å². The van der Waals surface area contributed by atoms with Crippen molar-refractivity contribution in [2.75, 3.05) is 31.1 Å². The normalized spacial score (nSPS) is 20.0. The Labute approximate surface area is 110 Å². The van der Waals surface area contributed by atoms with Crippen LogP contribution in [-0.4, -0.2) is 35.7 Å². The van der Waals surface area contributed by atoms with Crippen molar-refractivity contribution in [3.8, 4) is 0 Å². The summed E-state index contributed by atoms with van der Waals surface area (Å²) in [6.07, 6.45) is 7.83. The summed E-state index contributed by atoms with van der Waals surface area (Å²) in [6.45, 7) is 10.0. The fraction of sp³-hybridized carbons (Fsp3) is 0.786. The second-order valence-corrected chi connectivity index (χ2v) is 5.17. The highest BCUT2D eigenvalue weighted by molar-refractivity contribution is 5.31. The lowest BCUT2D eigenvalue weighted by Gasteiger charge is -2.31. The number of piperidine rings is 1. The molecule has 2 heterocycles. The largest absolute Gasteiger partial charge is 0.342 e. The highest BCUT2D eigenvalue weighted by Gasteiger charge is 2.19. The molecule has 1 N–H and O–H groups in total. The molecule has 0 radical (unpaired) electrons. The van der Waals surface area contributed by atoms with Crippen LogP contribution in [0.3, 0.4) is 0 Å². The second-order valence-electron chi connectivity index (χ2n) is 5.17. The van der Waals surface area contributed by atoms with E-state index in [9.17, 15) is 0 Å². The van der Waals surface area contributed by atoms with Gasteiger partial charge in [-0.25, -0.2) is 4.98 Å². The van der Waals surface area contributed by atoms with Gasteiger partial charge in [-0.2, -0.15) is 0 Å². The molecule has 1 aromatic rings. The third kappa shape index (κ3) is 3.25. The van der Waals surface area contributed by atoms with Gasteiger partial charge in [0.2, 0.25) is 5.95 Å². The SMILES string of the molecule is CCCN(CC1CCCNC1)c1nccn1CC. The van der Waals surface area contributed by atoms with E-state index in [4.69, 9.17) is 0 Å². The predicted octanol–water partition coefficient (Wildman–Crippen LogP) is 2.12. The Morgan fingerprint density at radius 2 is 2.39 bits per heavy atom. The number of hydrogen-bond acceptors (Lipinski definition) is 3. The Kier molecular flexibility index (Phi) is 5.05. The summed E-state index contributed by atoms with van der Waals surface area (Å²) >= 11 is 0. The van der Waals surface area contributed by atoms with Gasteiger partial charge in [-0.3, -0.25) is 0 Å². The minimum absolute atomic E-state index is 0.771. The number of hydrogen-bond donors (Lipinski definition) is 1. The van der Waals surface area contributed by atoms with E-state index in [1.54, 1.807) is 0 Å². The molecule has 0 bridgehead atoms. The minimum Gasteiger partial charge on any atom is -0.342 e. The maximum atomic E-state index is 4.54. The Morgan fingerprint density at radius 1 is 1.50 bits per heavy atom. The lowest BCUT2D eigenvalue weighted by atomic mass is 9.99. The van der Waals surface area contributed by atoms with Crippen LogP contribution in [0.2, 0.25) is 0 Å². The van der Waals surface area contributed by atoms with Crippen molar-refractivity contribution in [1.82, 2.24) is 14.9 Å². The van der Waals surface area contributed by atoms with Gasteiger partial charge in [0.05, 0.1) is 0 Å². The predicted molar refractivity (Wildman–Crippen MR) is 76.0 cm³/mol. The summed E-state index contributed by atoms with van der Waals surface area (Å²) in [5, 5.41) is 3.50. The molecular weight excluding hydrogens is 224 g/mol. The van der Waals surface area contributed by atoms with Gasteiger partial charge < -0.3 is 14.8 Å². The summed E-state index contributed by atoms with van der Waals surface area (Å²) in [5.41, 5.74) is 0. The first kappa shape index (κ1) is 13.4. The van der Waals surface area contributed by atoms with Gasteiger partial charge in [-0.1, -0.05) is 6.92 Å². The molecule has 0 aliphatic carbocycles. The van der Waals surface area contributed by atoms with E-state index in [1.807, 2.05) is 6.20 Å². The summed E-state index contributed by atoms with van der Waals surface area (Å²) in [4.78, 5) is 7.00. The zero-order valence-electron chi connectivity index (χ0n) is 11.7. The average Bonchev–Trinajstić information content (AvgIpc) is 2.87. The molecule has 0 aromatic carbocycles. The molecule has 1 fully saturated rings. The Morgan fingerprint density at radius 3 is 3.06 bits per heavy atom. The minimum atomic E-state index is 0.771. The van der Waals surface area contributed by atoms with E-state index in [0.717, 1.165) is 38.0 Å². The van der Waals surface area contributed by atoms with E-state index in [2.05, 4.69) is 39.8 Å². The maximum Gasteiger partial charge on any atom is 0.205 e. The van der Waals surface area contributed by atoms with E-state index < -0.39 is 0 Å². The molecule has 1 aliphatic rings. The molecule has 0 saturated carbocycles. The molecule has 4 nitrogen and oxygen atoms in total. The van der Waals surface area contributed by atoms with Gasteiger partial charge >= 0.3 is 0 Å². The average molecular weight is 250 g/mol. The summed E-state index contributed by atoms with van der Waals surface area (Å²) in [7, 11) is 0. The first-order valence-corrected chi connectivity index (χ1v) is 7.32. The van der Waals surface area contributed by atoms with Gasteiger partial charge in [0.25, 0.3) is 0 Å². The van der Waals surface area contributed by atoms with Crippen LogP contribution in [-0.2, 0) is 6.54 Å². The fourth-order valence-corrected chi connectivity index (χ4v) is 2.77. The Bertz CT molecular complexity index is 341. The Balaban J connectivity index is 2.02. The van der Waals surface area contributed by atoms with Crippen LogP contribution in [0.1, 0.15) is 33.1 Å². The number of rotatable bonds is 6. The lowest BCUT2D eigenvalue weighted by Crippen LogP contribution is -2.39. The van der Waals surface area contributed by atoms with Gasteiger partial charge in [0, 0.05) is 32.0 Å². The molecule has 102 valence electrons. The number of aryl methyl sites for hydroxylation is 1. The zero-order chi connectivity index (χ0) is 12.8. The molecule has 1 aliphatic heterocycles. The summed E-state index contributed by atoms with van der Waals surface area (Å²) in [5.74, 6) is 1.91. The molecule has 18 heavy (non-hydrogen) atoms. The molecule has 1 saturated heterocycles. The van der Waals surface area contributed by atoms with Crippen molar-refractivity contribution in [2.45, 2.75) is 39.7 Å². The smallest absolute Gasteiger partial charge is 0.205 e. The van der Waals surface area contributed by atoms with Crippen LogP contribution < -0.4 is 10.2 Å². The van der Waals surface area contributed by atoms with Crippen LogP contribution in [0, 0.1) is 5.92 Å². The number of anilines is 1. The van der Waals surface area contributed by atoms with Crippen molar-refractivity contribution >= 4 is 5.95 Å². The molecule has 1 unspecified atom stereocenters. The van der Waals surface area contributed by atoms with Crippen molar-refractivity contribution < 1.29 is 0 Å². The summed E-state index contributed by atoms with van der Waals surface area (Å²) in [6, 6.07) is 0. The fourth-order valence-electron chi connectivity index (χ4n) is 2.77. The maximum absolute atomic E-state index is 4.54. The summed E-state index contributed by atoms with van der Waals surface area (Å²) < 4.78 is 2.24. The molecule has 4 heteroatoms. The third-order valence-corrected chi connectivity index (χ3v) is 3.69. The molecule has 0 spiro atoms. The first-order valence-electron chi connectivity index (χ1n) is 7.32. The quantitative estimate of drug-likeness (QED) is 0.839. The van der Waals surface area contributed by atoms with Crippen molar-refractivity contribution in [3.05, 3.63) is 12.4 Å². The molecular formula is C14H26N4. The number of aromatic nitrogens is 2. The molecule has 0 amide bonds. The first-order chi connectivity index (χ1) is 8.85. The molecule has 1 aromatic heterocycles. The van der Waals surface area contributed by atoms with E-state index in [-0.39, 0.29) is 0 Å². The monoisotopic (exact) mass is 250 g/mol. The van der Waals surface area contributed by atoms with Gasteiger partial charge in [0.1, 0.15) is 0 Å². The van der Waals surface area contributed by atoms with Crippen molar-refractivity contribution in [2.24, 2.45) is 5.92 Å². The number of imidazole rings is 1.